The summed E-state index contributed by atoms with van der Waals surface area (Å²) in [6.45, 7) is 2.43. The molecule has 2 amide bonds. The third-order valence-corrected chi connectivity index (χ3v) is 4.26. The summed E-state index contributed by atoms with van der Waals surface area (Å²) in [5, 5.41) is 13.3. The number of carbonyl (C=O) groups is 2. The number of hydrogen-bond donors (Lipinski definition) is 2. The summed E-state index contributed by atoms with van der Waals surface area (Å²) in [5.41, 5.74) is 2.09. The van der Waals surface area contributed by atoms with Gasteiger partial charge in [-0.2, -0.15) is 16.3 Å². The van der Waals surface area contributed by atoms with Crippen molar-refractivity contribution in [1.82, 2.24) is 15.5 Å². The van der Waals surface area contributed by atoms with Gasteiger partial charge in [-0.3, -0.25) is 9.59 Å². The number of thiophene rings is 1. The van der Waals surface area contributed by atoms with Crippen LogP contribution in [0.15, 0.2) is 45.6 Å². The van der Waals surface area contributed by atoms with Crippen LogP contribution in [0.1, 0.15) is 29.6 Å². The topological polar surface area (TPSA) is 97.1 Å². The van der Waals surface area contributed by atoms with E-state index in [4.69, 9.17) is 4.52 Å². The largest absolute Gasteiger partial charge is 0.352 e. The molecule has 0 bridgehead atoms. The van der Waals surface area contributed by atoms with Crippen molar-refractivity contribution in [2.75, 3.05) is 11.9 Å². The lowest BCUT2D eigenvalue weighted by Gasteiger charge is -2.06. The zero-order valence-corrected chi connectivity index (χ0v) is 15.0. The first-order chi connectivity index (χ1) is 12.7. The molecule has 2 N–H and O–H groups in total. The minimum Gasteiger partial charge on any atom is -0.352 e. The van der Waals surface area contributed by atoms with Gasteiger partial charge in [-0.05, 0) is 42.6 Å². The van der Waals surface area contributed by atoms with Crippen molar-refractivity contribution in [3.63, 3.8) is 0 Å². The third-order valence-electron chi connectivity index (χ3n) is 3.58. The zero-order valence-electron chi connectivity index (χ0n) is 14.2. The van der Waals surface area contributed by atoms with Gasteiger partial charge in [0.2, 0.25) is 17.6 Å². The van der Waals surface area contributed by atoms with Gasteiger partial charge in [-0.25, -0.2) is 0 Å². The SMILES string of the molecule is CCNC(=O)c1ccc(NC(=O)CCc2nc(-c3ccsc3)no2)cc1. The molecular weight excluding hydrogens is 352 g/mol. The standard InChI is InChI=1S/C18H18N4O3S/c1-2-19-18(24)12-3-5-14(6-4-12)20-15(23)7-8-16-21-17(22-25-16)13-9-10-26-11-13/h3-6,9-11H,2,7-8H2,1H3,(H,19,24)(H,20,23). The monoisotopic (exact) mass is 370 g/mol. The molecule has 2 heterocycles. The fourth-order valence-electron chi connectivity index (χ4n) is 2.28. The van der Waals surface area contributed by atoms with Crippen LogP contribution in [0.25, 0.3) is 11.4 Å². The summed E-state index contributed by atoms with van der Waals surface area (Å²) in [6, 6.07) is 8.65. The van der Waals surface area contributed by atoms with Gasteiger partial charge in [0.1, 0.15) is 0 Å². The van der Waals surface area contributed by atoms with Crippen LogP contribution in [0.2, 0.25) is 0 Å². The lowest BCUT2D eigenvalue weighted by Crippen LogP contribution is -2.22. The van der Waals surface area contributed by atoms with Crippen LogP contribution in [0.5, 0.6) is 0 Å². The predicted octanol–water partition coefficient (Wildman–Crippen LogP) is 3.12. The smallest absolute Gasteiger partial charge is 0.251 e. The first kappa shape index (κ1) is 17.8. The lowest BCUT2D eigenvalue weighted by molar-refractivity contribution is -0.116. The number of anilines is 1. The van der Waals surface area contributed by atoms with Crippen LogP contribution in [-0.2, 0) is 11.2 Å². The quantitative estimate of drug-likeness (QED) is 0.666. The number of rotatable bonds is 7. The molecule has 0 aliphatic carbocycles. The highest BCUT2D eigenvalue weighted by atomic mass is 32.1. The fourth-order valence-corrected chi connectivity index (χ4v) is 2.91. The number of carbonyl (C=O) groups excluding carboxylic acids is 2. The van der Waals surface area contributed by atoms with Gasteiger partial charge in [0.05, 0.1) is 0 Å². The molecule has 3 rings (SSSR count). The van der Waals surface area contributed by atoms with Crippen LogP contribution in [0.3, 0.4) is 0 Å². The van der Waals surface area contributed by atoms with Crippen molar-refractivity contribution in [3.05, 3.63) is 52.5 Å². The van der Waals surface area contributed by atoms with Gasteiger partial charge >= 0.3 is 0 Å². The first-order valence-electron chi connectivity index (χ1n) is 8.19. The number of aryl methyl sites for hydroxylation is 1. The van der Waals surface area contributed by atoms with Gasteiger partial charge in [0, 0.05) is 41.6 Å². The number of nitrogens with zero attached hydrogens (tertiary/aromatic N) is 2. The lowest BCUT2D eigenvalue weighted by atomic mass is 10.2. The molecule has 8 heteroatoms. The highest BCUT2D eigenvalue weighted by molar-refractivity contribution is 7.08. The predicted molar refractivity (Wildman–Crippen MR) is 99.0 cm³/mol. The maximum absolute atomic E-state index is 12.1. The molecule has 3 aromatic rings. The van der Waals surface area contributed by atoms with E-state index in [1.54, 1.807) is 35.6 Å². The molecule has 0 aliphatic heterocycles. The van der Waals surface area contributed by atoms with E-state index in [9.17, 15) is 9.59 Å². The van der Waals surface area contributed by atoms with Gasteiger partial charge in [-0.15, -0.1) is 0 Å². The van der Waals surface area contributed by atoms with E-state index >= 15 is 0 Å². The van der Waals surface area contributed by atoms with E-state index in [-0.39, 0.29) is 18.2 Å². The summed E-state index contributed by atoms with van der Waals surface area (Å²) in [5.74, 6) is 0.657. The maximum atomic E-state index is 12.1. The number of hydrogen-bond acceptors (Lipinski definition) is 6. The number of nitrogens with one attached hydrogen (secondary N) is 2. The molecule has 0 aliphatic rings. The Morgan fingerprint density at radius 1 is 1.19 bits per heavy atom. The molecule has 0 fully saturated rings. The fraction of sp³-hybridized carbons (Fsp3) is 0.222. The minimum absolute atomic E-state index is 0.136. The summed E-state index contributed by atoms with van der Waals surface area (Å²) in [6.07, 6.45) is 0.587. The Bertz CT molecular complexity index is 872. The van der Waals surface area contributed by atoms with Crippen LogP contribution in [0.4, 0.5) is 5.69 Å². The maximum Gasteiger partial charge on any atom is 0.251 e. The second kappa shape index (κ2) is 8.39. The molecule has 0 radical (unpaired) electrons. The van der Waals surface area contributed by atoms with Gasteiger partial charge in [0.25, 0.3) is 5.91 Å². The van der Waals surface area contributed by atoms with Gasteiger partial charge < -0.3 is 15.2 Å². The van der Waals surface area contributed by atoms with Crippen molar-refractivity contribution in [2.24, 2.45) is 0 Å². The summed E-state index contributed by atoms with van der Waals surface area (Å²) >= 11 is 1.56. The molecule has 1 aromatic carbocycles. The van der Waals surface area contributed by atoms with Crippen molar-refractivity contribution in [1.29, 1.82) is 0 Å². The molecule has 2 aromatic heterocycles. The second-order valence-electron chi connectivity index (χ2n) is 5.51. The van der Waals surface area contributed by atoms with E-state index in [0.717, 1.165) is 5.56 Å². The van der Waals surface area contributed by atoms with Crippen LogP contribution in [0, 0.1) is 0 Å². The molecule has 0 saturated heterocycles. The zero-order chi connectivity index (χ0) is 18.4. The first-order valence-corrected chi connectivity index (χ1v) is 9.13. The minimum atomic E-state index is -0.161. The van der Waals surface area contributed by atoms with Crippen LogP contribution < -0.4 is 10.6 Å². The van der Waals surface area contributed by atoms with Gasteiger partial charge in [0.15, 0.2) is 0 Å². The second-order valence-corrected chi connectivity index (χ2v) is 6.29. The molecule has 0 spiro atoms. The molecular formula is C18H18N4O3S. The van der Waals surface area contributed by atoms with Gasteiger partial charge in [-0.1, -0.05) is 5.16 Å². The van der Waals surface area contributed by atoms with Crippen molar-refractivity contribution in [2.45, 2.75) is 19.8 Å². The number of benzene rings is 1. The Kier molecular flexibility index (Phi) is 5.75. The van der Waals surface area contributed by atoms with E-state index in [1.165, 1.54) is 0 Å². The number of amides is 2. The van der Waals surface area contributed by atoms with E-state index < -0.39 is 0 Å². The molecule has 134 valence electrons. The average molecular weight is 370 g/mol. The Hall–Kier alpha value is -3.00. The summed E-state index contributed by atoms with van der Waals surface area (Å²) in [4.78, 5) is 28.1. The molecule has 0 atom stereocenters. The number of aromatic nitrogens is 2. The van der Waals surface area contributed by atoms with Crippen molar-refractivity contribution >= 4 is 28.8 Å². The molecule has 0 unspecified atom stereocenters. The summed E-state index contributed by atoms with van der Waals surface area (Å²) < 4.78 is 5.17. The molecule has 26 heavy (non-hydrogen) atoms. The Morgan fingerprint density at radius 3 is 2.69 bits per heavy atom. The Balaban J connectivity index is 1.50. The Labute approximate surface area is 154 Å². The van der Waals surface area contributed by atoms with Crippen molar-refractivity contribution < 1.29 is 14.1 Å². The highest BCUT2D eigenvalue weighted by Gasteiger charge is 2.11. The van der Waals surface area contributed by atoms with E-state index in [0.29, 0.717) is 35.9 Å². The summed E-state index contributed by atoms with van der Waals surface area (Å²) in [7, 11) is 0. The average Bonchev–Trinajstić information content (AvgIpc) is 3.32. The molecule has 7 nitrogen and oxygen atoms in total. The highest BCUT2D eigenvalue weighted by Crippen LogP contribution is 2.19. The normalized spacial score (nSPS) is 10.5. The van der Waals surface area contributed by atoms with Crippen molar-refractivity contribution in [3.8, 4) is 11.4 Å². The Morgan fingerprint density at radius 2 is 2.00 bits per heavy atom. The van der Waals surface area contributed by atoms with Crippen LogP contribution >= 0.6 is 11.3 Å². The molecule has 0 saturated carbocycles. The van der Waals surface area contributed by atoms with E-state index in [1.807, 2.05) is 23.8 Å². The van der Waals surface area contributed by atoms with E-state index in [2.05, 4.69) is 20.8 Å². The third kappa shape index (κ3) is 4.54. The van der Waals surface area contributed by atoms with Crippen LogP contribution in [-0.4, -0.2) is 28.5 Å².